The summed E-state index contributed by atoms with van der Waals surface area (Å²) in [7, 11) is 0. The monoisotopic (exact) mass is 363 g/mol. The lowest BCUT2D eigenvalue weighted by Gasteiger charge is -1.90. The number of nitrogens with zero attached hydrogens (tertiary/aromatic N) is 3. The maximum absolute atomic E-state index is 3.89. The van der Waals surface area contributed by atoms with Gasteiger partial charge in [0.25, 0.3) is 0 Å². The first-order valence-corrected chi connectivity index (χ1v) is 4.57. The van der Waals surface area contributed by atoms with Crippen molar-refractivity contribution in [3.63, 3.8) is 0 Å². The van der Waals surface area contributed by atoms with Gasteiger partial charge in [-0.05, 0) is 31.9 Å². The Morgan fingerprint density at radius 3 is 1.78 bits per heavy atom. The molecule has 1 heterocycles. The van der Waals surface area contributed by atoms with E-state index < -0.39 is 0 Å². The highest BCUT2D eigenvalue weighted by Gasteiger charge is 1.96. The molecule has 0 N–H and O–H groups in total. The summed E-state index contributed by atoms with van der Waals surface area (Å²) in [6.07, 6.45) is 0. The summed E-state index contributed by atoms with van der Waals surface area (Å²) in [5.74, 6) is 0. The number of hydrogen-bond donors (Lipinski definition) is 0. The summed E-state index contributed by atoms with van der Waals surface area (Å²) in [6.45, 7) is 0. The summed E-state index contributed by atoms with van der Waals surface area (Å²) in [6, 6.07) is 0. The summed E-state index contributed by atoms with van der Waals surface area (Å²) < 4.78 is 1.77. The molecule has 0 aliphatic heterocycles. The third kappa shape index (κ3) is 2.42. The Hall–Kier alpha value is 0.700. The van der Waals surface area contributed by atoms with Gasteiger partial charge in [0.15, 0.2) is 3.83 Å². The molecule has 0 aliphatic rings. The number of aromatic nitrogens is 3. The van der Waals surface area contributed by atoms with Crippen molar-refractivity contribution in [2.45, 2.75) is 0 Å². The van der Waals surface area contributed by atoms with E-state index in [2.05, 4.69) is 46.8 Å². The van der Waals surface area contributed by atoms with Crippen LogP contribution in [0.15, 0.2) is 9.47 Å². The van der Waals surface area contributed by atoms with Gasteiger partial charge >= 0.3 is 0 Å². The molecule has 0 atom stereocenters. The molecule has 3 nitrogen and oxygen atoms in total. The van der Waals surface area contributed by atoms with Crippen molar-refractivity contribution in [3.8, 4) is 0 Å². The predicted octanol–water partition coefficient (Wildman–Crippen LogP) is 2.00. The van der Waals surface area contributed by atoms with E-state index in [0.29, 0.717) is 13.3 Å². The van der Waals surface area contributed by atoms with Crippen LogP contribution >= 0.6 is 54.5 Å². The first-order valence-electron chi connectivity index (χ1n) is 1.91. The van der Waals surface area contributed by atoms with E-state index in [0.717, 1.165) is 0 Å². The lowest BCUT2D eigenvalue weighted by Crippen LogP contribution is -1.91. The maximum Gasteiger partial charge on any atom is 0.201 e. The second-order valence-corrected chi connectivity index (χ2v) is 3.53. The Labute approximate surface area is 82.1 Å². The van der Waals surface area contributed by atoms with Crippen LogP contribution in [0, 0.1) is 3.83 Å². The molecule has 1 aromatic rings. The first-order chi connectivity index (χ1) is 4.18. The van der Waals surface area contributed by atoms with Crippen LogP contribution in [-0.2, 0) is 0 Å². The summed E-state index contributed by atoms with van der Waals surface area (Å²) in [4.78, 5) is 11.6. The molecule has 0 bridgehead atoms. The van der Waals surface area contributed by atoms with Gasteiger partial charge in [0.1, 0.15) is 0 Å². The molecule has 1 rings (SSSR count). The molecule has 0 amide bonds. The molecule has 0 saturated carbocycles. The highest BCUT2D eigenvalue weighted by atomic mass is 127. The van der Waals surface area contributed by atoms with E-state index in [9.17, 15) is 0 Å². The highest BCUT2D eigenvalue weighted by Crippen LogP contribution is 2.08. The van der Waals surface area contributed by atoms with Crippen molar-refractivity contribution in [3.05, 3.63) is 13.3 Å². The Kier molecular flexibility index (Phi) is 2.77. The Bertz CT molecular complexity index is 178. The van der Waals surface area contributed by atoms with Crippen LogP contribution in [0.3, 0.4) is 0 Å². The van der Waals surface area contributed by atoms with Crippen molar-refractivity contribution < 1.29 is 0 Å². The minimum atomic E-state index is 0.550. The van der Waals surface area contributed by atoms with Gasteiger partial charge in [-0.15, -0.1) is 0 Å². The molecule has 0 radical (unpaired) electrons. The summed E-state index contributed by atoms with van der Waals surface area (Å²) in [5, 5.41) is 0. The van der Waals surface area contributed by atoms with Crippen molar-refractivity contribution in [2.75, 3.05) is 0 Å². The molecule has 1 aromatic heterocycles. The van der Waals surface area contributed by atoms with E-state index in [4.69, 9.17) is 0 Å². The molecule has 0 saturated heterocycles. The molecule has 9 heavy (non-hydrogen) atoms. The smallest absolute Gasteiger partial charge is 0.196 e. The largest absolute Gasteiger partial charge is 0.201 e. The minimum Gasteiger partial charge on any atom is -0.196 e. The zero-order chi connectivity index (χ0) is 6.85. The van der Waals surface area contributed by atoms with Gasteiger partial charge in [-0.2, -0.15) is 15.0 Å². The molecule has 0 spiro atoms. The average Bonchev–Trinajstić information content (AvgIpc) is 1.59. The normalized spacial score (nSPS) is 9.67. The van der Waals surface area contributed by atoms with Crippen LogP contribution in [0.25, 0.3) is 0 Å². The fourth-order valence-corrected chi connectivity index (χ4v) is 2.33. The van der Waals surface area contributed by atoms with Crippen molar-refractivity contribution in [1.82, 2.24) is 15.0 Å². The van der Waals surface area contributed by atoms with Gasteiger partial charge in [-0.1, -0.05) is 0 Å². The fourth-order valence-electron chi connectivity index (χ4n) is 0.303. The van der Waals surface area contributed by atoms with E-state index in [-0.39, 0.29) is 0 Å². The summed E-state index contributed by atoms with van der Waals surface area (Å²) >= 11 is 8.24. The number of halogens is 3. The van der Waals surface area contributed by atoms with Gasteiger partial charge in [0.2, 0.25) is 9.47 Å². The fraction of sp³-hybridized carbons (Fsp3) is 0. The van der Waals surface area contributed by atoms with Gasteiger partial charge in [-0.3, -0.25) is 0 Å². The first kappa shape index (κ1) is 7.80. The third-order valence-electron chi connectivity index (χ3n) is 0.554. The highest BCUT2D eigenvalue weighted by molar-refractivity contribution is 14.1. The van der Waals surface area contributed by atoms with Gasteiger partial charge in [0.05, 0.1) is 0 Å². The van der Waals surface area contributed by atoms with E-state index in [1.54, 1.807) is 0 Å². The Morgan fingerprint density at radius 1 is 1.00 bits per heavy atom. The van der Waals surface area contributed by atoms with E-state index >= 15 is 0 Å². The molecular formula is C3Br2IN3. The van der Waals surface area contributed by atoms with E-state index in [1.165, 1.54) is 0 Å². The molecule has 6 heteroatoms. The zero-order valence-corrected chi connectivity index (χ0v) is 9.31. The third-order valence-corrected chi connectivity index (χ3v) is 1.75. The standard InChI is InChI=1S/C3Br2IN3/c4-1-7-2(5)9-3(6)8-1. The van der Waals surface area contributed by atoms with E-state index in [1.807, 2.05) is 22.6 Å². The van der Waals surface area contributed by atoms with Crippen LogP contribution in [0.1, 0.15) is 0 Å². The topological polar surface area (TPSA) is 38.7 Å². The lowest BCUT2D eigenvalue weighted by molar-refractivity contribution is 0.938. The molecular weight excluding hydrogens is 365 g/mol. The van der Waals surface area contributed by atoms with Crippen molar-refractivity contribution in [1.29, 1.82) is 0 Å². The van der Waals surface area contributed by atoms with Crippen molar-refractivity contribution in [2.24, 2.45) is 0 Å². The minimum absolute atomic E-state index is 0.550. The predicted molar refractivity (Wildman–Crippen MR) is 47.9 cm³/mol. The zero-order valence-electron chi connectivity index (χ0n) is 3.98. The van der Waals surface area contributed by atoms with Gasteiger partial charge in [0, 0.05) is 22.6 Å². The molecule has 0 unspecified atom stereocenters. The van der Waals surface area contributed by atoms with Crippen molar-refractivity contribution >= 4 is 54.5 Å². The summed E-state index contributed by atoms with van der Waals surface area (Å²) in [5.41, 5.74) is 0. The molecule has 0 aliphatic carbocycles. The van der Waals surface area contributed by atoms with Crippen LogP contribution in [0.5, 0.6) is 0 Å². The van der Waals surface area contributed by atoms with Crippen LogP contribution < -0.4 is 0 Å². The molecule has 48 valence electrons. The number of hydrogen-bond acceptors (Lipinski definition) is 3. The number of rotatable bonds is 0. The van der Waals surface area contributed by atoms with Crippen LogP contribution in [0.2, 0.25) is 0 Å². The quantitative estimate of drug-likeness (QED) is 0.661. The maximum atomic E-state index is 3.89. The molecule has 0 aromatic carbocycles. The van der Waals surface area contributed by atoms with Gasteiger partial charge < -0.3 is 0 Å². The second-order valence-electron chi connectivity index (χ2n) is 1.14. The second kappa shape index (κ2) is 3.20. The van der Waals surface area contributed by atoms with Crippen LogP contribution in [-0.4, -0.2) is 15.0 Å². The van der Waals surface area contributed by atoms with Gasteiger partial charge in [-0.25, -0.2) is 0 Å². The lowest BCUT2D eigenvalue weighted by atomic mass is 11.1. The van der Waals surface area contributed by atoms with Crippen LogP contribution in [0.4, 0.5) is 0 Å². The Balaban J connectivity index is 3.17. The molecule has 0 fully saturated rings. The average molecular weight is 365 g/mol. The Morgan fingerprint density at radius 2 is 1.44 bits per heavy atom. The SMILES string of the molecule is Brc1nc(Br)nc(I)n1.